The zero-order valence-corrected chi connectivity index (χ0v) is 18.6. The van der Waals surface area contributed by atoms with Crippen LogP contribution >= 0.6 is 0 Å². The molecular weight excluding hydrogens is 404 g/mol. The molecule has 3 aromatic rings. The molecule has 0 saturated carbocycles. The molecule has 6 heteroatoms. The van der Waals surface area contributed by atoms with E-state index in [4.69, 9.17) is 0 Å². The molecule has 0 spiro atoms. The summed E-state index contributed by atoms with van der Waals surface area (Å²) in [5, 5.41) is 5.64. The van der Waals surface area contributed by atoms with E-state index in [0.717, 1.165) is 5.56 Å². The molecule has 0 aromatic heterocycles. The summed E-state index contributed by atoms with van der Waals surface area (Å²) >= 11 is 0. The molecule has 3 rings (SSSR count). The lowest BCUT2D eigenvalue weighted by Gasteiger charge is -2.19. The van der Waals surface area contributed by atoms with Gasteiger partial charge in [0.25, 0.3) is 11.8 Å². The summed E-state index contributed by atoms with van der Waals surface area (Å²) < 4.78 is 4.65. The van der Waals surface area contributed by atoms with Gasteiger partial charge < -0.3 is 15.4 Å². The lowest BCUT2D eigenvalue weighted by molar-refractivity contribution is 0.0600. The molecule has 0 bridgehead atoms. The van der Waals surface area contributed by atoms with Crippen molar-refractivity contribution >= 4 is 29.2 Å². The Kier molecular flexibility index (Phi) is 6.73. The van der Waals surface area contributed by atoms with Crippen LogP contribution in [0.25, 0.3) is 0 Å². The number of ether oxygens (including phenoxy) is 1. The standard InChI is InChI=1S/C26H26N2O4/c1-26(2,3)20-11-9-18(10-12-20)24(30)28-22-15-13-21(14-16-22)27-23(29)17-5-7-19(8-6-17)25(31)32-4/h5-16H,1-4H3,(H,27,29)(H,28,30). The van der Waals surface area contributed by atoms with Gasteiger partial charge in [-0.2, -0.15) is 0 Å². The van der Waals surface area contributed by atoms with Crippen molar-refractivity contribution in [2.75, 3.05) is 17.7 Å². The van der Waals surface area contributed by atoms with Crippen molar-refractivity contribution in [3.8, 4) is 0 Å². The Balaban J connectivity index is 1.60. The second kappa shape index (κ2) is 9.47. The number of carbonyl (C=O) groups is 3. The van der Waals surface area contributed by atoms with E-state index in [0.29, 0.717) is 28.1 Å². The number of rotatable bonds is 5. The number of methoxy groups -OCH3 is 1. The SMILES string of the molecule is COC(=O)c1ccc(C(=O)Nc2ccc(NC(=O)c3ccc(C(C)(C)C)cc3)cc2)cc1. The van der Waals surface area contributed by atoms with Gasteiger partial charge in [-0.3, -0.25) is 9.59 Å². The maximum absolute atomic E-state index is 12.5. The molecule has 0 fully saturated rings. The second-order valence-electron chi connectivity index (χ2n) is 8.38. The van der Waals surface area contributed by atoms with Crippen molar-refractivity contribution < 1.29 is 19.1 Å². The van der Waals surface area contributed by atoms with Gasteiger partial charge in [0, 0.05) is 22.5 Å². The highest BCUT2D eigenvalue weighted by atomic mass is 16.5. The first-order valence-corrected chi connectivity index (χ1v) is 10.2. The van der Waals surface area contributed by atoms with Gasteiger partial charge in [-0.05, 0) is 71.6 Å². The van der Waals surface area contributed by atoms with Crippen molar-refractivity contribution in [3.05, 3.63) is 95.1 Å². The number of anilines is 2. The summed E-state index contributed by atoms with van der Waals surface area (Å²) in [5.41, 5.74) is 3.75. The molecule has 0 saturated heterocycles. The predicted molar refractivity (Wildman–Crippen MR) is 125 cm³/mol. The molecule has 0 unspecified atom stereocenters. The molecule has 0 heterocycles. The molecule has 2 amide bonds. The van der Waals surface area contributed by atoms with E-state index in [1.807, 2.05) is 24.3 Å². The van der Waals surface area contributed by atoms with Crippen molar-refractivity contribution in [1.82, 2.24) is 0 Å². The number of nitrogens with one attached hydrogen (secondary N) is 2. The fraction of sp³-hybridized carbons (Fsp3) is 0.192. The molecule has 2 N–H and O–H groups in total. The molecule has 32 heavy (non-hydrogen) atoms. The molecule has 6 nitrogen and oxygen atoms in total. The number of benzene rings is 3. The van der Waals surface area contributed by atoms with Gasteiger partial charge in [0.2, 0.25) is 0 Å². The van der Waals surface area contributed by atoms with E-state index >= 15 is 0 Å². The largest absolute Gasteiger partial charge is 0.465 e. The average Bonchev–Trinajstić information content (AvgIpc) is 2.79. The van der Waals surface area contributed by atoms with E-state index in [9.17, 15) is 14.4 Å². The van der Waals surface area contributed by atoms with Crippen LogP contribution in [0.3, 0.4) is 0 Å². The fourth-order valence-electron chi connectivity index (χ4n) is 3.04. The van der Waals surface area contributed by atoms with Gasteiger partial charge in [0.05, 0.1) is 12.7 Å². The first-order valence-electron chi connectivity index (χ1n) is 10.2. The van der Waals surface area contributed by atoms with Crippen molar-refractivity contribution in [2.24, 2.45) is 0 Å². The summed E-state index contributed by atoms with van der Waals surface area (Å²) in [6.45, 7) is 6.37. The summed E-state index contributed by atoms with van der Waals surface area (Å²) in [5.74, 6) is -0.968. The molecule has 0 radical (unpaired) electrons. The van der Waals surface area contributed by atoms with E-state index in [1.54, 1.807) is 36.4 Å². The number of esters is 1. The van der Waals surface area contributed by atoms with E-state index in [2.05, 4.69) is 36.1 Å². The summed E-state index contributed by atoms with van der Waals surface area (Å²) in [4.78, 5) is 36.4. The lowest BCUT2D eigenvalue weighted by Crippen LogP contribution is -2.14. The number of hydrogen-bond donors (Lipinski definition) is 2. The van der Waals surface area contributed by atoms with E-state index < -0.39 is 5.97 Å². The Hall–Kier alpha value is -3.93. The topological polar surface area (TPSA) is 84.5 Å². The summed E-state index contributed by atoms with van der Waals surface area (Å²) in [6, 6.07) is 20.6. The van der Waals surface area contributed by atoms with Gasteiger partial charge in [-0.15, -0.1) is 0 Å². The fourth-order valence-corrected chi connectivity index (χ4v) is 3.04. The van der Waals surface area contributed by atoms with Crippen molar-refractivity contribution in [3.63, 3.8) is 0 Å². The molecule has 164 valence electrons. The molecule has 3 aromatic carbocycles. The van der Waals surface area contributed by atoms with Gasteiger partial charge in [0.15, 0.2) is 0 Å². The van der Waals surface area contributed by atoms with Gasteiger partial charge in [-0.25, -0.2) is 4.79 Å². The maximum Gasteiger partial charge on any atom is 0.337 e. The summed E-state index contributed by atoms with van der Waals surface area (Å²) in [6.07, 6.45) is 0. The normalized spacial score (nSPS) is 10.9. The van der Waals surface area contributed by atoms with E-state index in [1.165, 1.54) is 19.2 Å². The highest BCUT2D eigenvalue weighted by Crippen LogP contribution is 2.23. The van der Waals surface area contributed by atoms with E-state index in [-0.39, 0.29) is 17.2 Å². The lowest BCUT2D eigenvalue weighted by atomic mass is 9.87. The van der Waals surface area contributed by atoms with Crippen LogP contribution in [-0.2, 0) is 10.2 Å². The van der Waals surface area contributed by atoms with Crippen LogP contribution in [0.2, 0.25) is 0 Å². The minimum absolute atomic E-state index is 0.0264. The molecule has 0 aliphatic carbocycles. The number of carbonyl (C=O) groups excluding carboxylic acids is 3. The Morgan fingerprint density at radius 2 is 1.00 bits per heavy atom. The van der Waals surface area contributed by atoms with Crippen LogP contribution in [0.15, 0.2) is 72.8 Å². The van der Waals surface area contributed by atoms with Crippen LogP contribution < -0.4 is 10.6 Å². The van der Waals surface area contributed by atoms with Crippen LogP contribution in [-0.4, -0.2) is 24.9 Å². The molecule has 0 aliphatic rings. The molecular formula is C26H26N2O4. The average molecular weight is 431 g/mol. The van der Waals surface area contributed by atoms with Gasteiger partial charge in [0.1, 0.15) is 0 Å². The monoisotopic (exact) mass is 430 g/mol. The van der Waals surface area contributed by atoms with Gasteiger partial charge in [-0.1, -0.05) is 32.9 Å². The Morgan fingerprint density at radius 3 is 1.38 bits per heavy atom. The van der Waals surface area contributed by atoms with Crippen molar-refractivity contribution in [1.29, 1.82) is 0 Å². The second-order valence-corrected chi connectivity index (χ2v) is 8.38. The first-order chi connectivity index (χ1) is 15.2. The highest BCUT2D eigenvalue weighted by molar-refractivity contribution is 6.06. The number of amides is 2. The number of hydrogen-bond acceptors (Lipinski definition) is 4. The first kappa shape index (κ1) is 22.7. The third-order valence-corrected chi connectivity index (χ3v) is 4.98. The zero-order valence-electron chi connectivity index (χ0n) is 18.6. The van der Waals surface area contributed by atoms with Gasteiger partial charge >= 0.3 is 5.97 Å². The Morgan fingerprint density at radius 1 is 0.625 bits per heavy atom. The molecule has 0 atom stereocenters. The van der Waals surface area contributed by atoms with Crippen molar-refractivity contribution in [2.45, 2.75) is 26.2 Å². The third-order valence-electron chi connectivity index (χ3n) is 4.98. The zero-order chi connectivity index (χ0) is 23.3. The third kappa shape index (κ3) is 5.60. The highest BCUT2D eigenvalue weighted by Gasteiger charge is 2.14. The predicted octanol–water partition coefficient (Wildman–Crippen LogP) is 5.28. The van der Waals surface area contributed by atoms with Crippen LogP contribution in [0.4, 0.5) is 11.4 Å². The maximum atomic E-state index is 12.5. The minimum atomic E-state index is -0.459. The molecule has 0 aliphatic heterocycles. The quantitative estimate of drug-likeness (QED) is 0.540. The summed E-state index contributed by atoms with van der Waals surface area (Å²) in [7, 11) is 1.30. The van der Waals surface area contributed by atoms with Crippen LogP contribution in [0.5, 0.6) is 0 Å². The Labute approximate surface area is 187 Å². The minimum Gasteiger partial charge on any atom is -0.465 e. The van der Waals surface area contributed by atoms with Crippen LogP contribution in [0, 0.1) is 0 Å². The Bertz CT molecular complexity index is 1110. The smallest absolute Gasteiger partial charge is 0.337 e. The van der Waals surface area contributed by atoms with Crippen LogP contribution in [0.1, 0.15) is 57.4 Å².